The summed E-state index contributed by atoms with van der Waals surface area (Å²) in [6.07, 6.45) is 1.70. The number of halogens is 1. The molecule has 2 N–H and O–H groups in total. The van der Waals surface area contributed by atoms with Crippen molar-refractivity contribution >= 4 is 11.9 Å². The SMILES string of the molecule is Cc1ccc(C2OCCCC2CNC(=O)c2ccc(C(=O)O)cc2F)cc1. The Bertz CT molecular complexity index is 835. The molecule has 142 valence electrons. The van der Waals surface area contributed by atoms with Crippen LogP contribution in [0.25, 0.3) is 0 Å². The highest BCUT2D eigenvalue weighted by atomic mass is 19.1. The normalized spacial score (nSPS) is 19.5. The number of aromatic carboxylic acids is 1. The maximum absolute atomic E-state index is 14.1. The molecular formula is C21H22FNO4. The third-order valence-electron chi connectivity index (χ3n) is 4.84. The molecule has 1 amide bonds. The molecule has 2 unspecified atom stereocenters. The minimum atomic E-state index is -1.24. The second-order valence-corrected chi connectivity index (χ2v) is 6.81. The largest absolute Gasteiger partial charge is 0.478 e. The van der Waals surface area contributed by atoms with E-state index in [1.165, 1.54) is 17.7 Å². The van der Waals surface area contributed by atoms with E-state index in [9.17, 15) is 14.0 Å². The van der Waals surface area contributed by atoms with Crippen LogP contribution >= 0.6 is 0 Å². The Hall–Kier alpha value is -2.73. The number of amides is 1. The van der Waals surface area contributed by atoms with E-state index in [-0.39, 0.29) is 23.1 Å². The first kappa shape index (κ1) is 19.0. The number of hydrogen-bond acceptors (Lipinski definition) is 3. The number of nitrogens with one attached hydrogen (secondary N) is 1. The van der Waals surface area contributed by atoms with Gasteiger partial charge in [-0.1, -0.05) is 29.8 Å². The fraction of sp³-hybridized carbons (Fsp3) is 0.333. The zero-order chi connectivity index (χ0) is 19.4. The maximum Gasteiger partial charge on any atom is 0.335 e. The minimum Gasteiger partial charge on any atom is -0.478 e. The van der Waals surface area contributed by atoms with Crippen molar-refractivity contribution in [3.05, 3.63) is 70.5 Å². The van der Waals surface area contributed by atoms with E-state index in [4.69, 9.17) is 9.84 Å². The van der Waals surface area contributed by atoms with Gasteiger partial charge in [-0.2, -0.15) is 0 Å². The molecule has 1 aliphatic rings. The number of carboxylic acid groups (broad SMARTS) is 1. The van der Waals surface area contributed by atoms with Crippen LogP contribution in [-0.2, 0) is 4.74 Å². The molecule has 0 aromatic heterocycles. The Labute approximate surface area is 157 Å². The number of carbonyl (C=O) groups excluding carboxylic acids is 1. The first-order chi connectivity index (χ1) is 13.0. The van der Waals surface area contributed by atoms with Crippen LogP contribution in [0.5, 0.6) is 0 Å². The van der Waals surface area contributed by atoms with Gasteiger partial charge in [0.2, 0.25) is 0 Å². The minimum absolute atomic E-state index is 0.0896. The topological polar surface area (TPSA) is 75.6 Å². The van der Waals surface area contributed by atoms with E-state index in [2.05, 4.69) is 5.32 Å². The van der Waals surface area contributed by atoms with E-state index < -0.39 is 17.7 Å². The number of ether oxygens (including phenoxy) is 1. The fourth-order valence-corrected chi connectivity index (χ4v) is 3.33. The Balaban J connectivity index is 1.68. The van der Waals surface area contributed by atoms with Crippen molar-refractivity contribution in [3.8, 4) is 0 Å². The molecule has 0 aliphatic carbocycles. The number of rotatable bonds is 5. The molecule has 1 aliphatic heterocycles. The molecule has 1 heterocycles. The molecule has 0 radical (unpaired) electrons. The van der Waals surface area contributed by atoms with Crippen molar-refractivity contribution in [2.75, 3.05) is 13.2 Å². The van der Waals surface area contributed by atoms with Crippen LogP contribution in [0, 0.1) is 18.7 Å². The van der Waals surface area contributed by atoms with Gasteiger partial charge < -0.3 is 15.2 Å². The summed E-state index contributed by atoms with van der Waals surface area (Å²) in [6.45, 7) is 3.05. The van der Waals surface area contributed by atoms with E-state index in [0.717, 1.165) is 24.5 Å². The zero-order valence-corrected chi connectivity index (χ0v) is 15.1. The summed E-state index contributed by atoms with van der Waals surface area (Å²) < 4.78 is 20.0. The number of aryl methyl sites for hydroxylation is 1. The molecule has 27 heavy (non-hydrogen) atoms. The highest BCUT2D eigenvalue weighted by Gasteiger charge is 2.28. The van der Waals surface area contributed by atoms with E-state index >= 15 is 0 Å². The molecule has 2 atom stereocenters. The van der Waals surface area contributed by atoms with Crippen LogP contribution in [0.4, 0.5) is 4.39 Å². The Morgan fingerprint density at radius 3 is 2.63 bits per heavy atom. The third-order valence-corrected chi connectivity index (χ3v) is 4.84. The fourth-order valence-electron chi connectivity index (χ4n) is 3.33. The summed E-state index contributed by atoms with van der Waals surface area (Å²) in [4.78, 5) is 23.2. The van der Waals surface area contributed by atoms with Crippen LogP contribution in [0.3, 0.4) is 0 Å². The highest BCUT2D eigenvalue weighted by molar-refractivity contribution is 5.96. The van der Waals surface area contributed by atoms with Crippen LogP contribution in [-0.4, -0.2) is 30.1 Å². The lowest BCUT2D eigenvalue weighted by molar-refractivity contribution is -0.0272. The number of carboxylic acids is 1. The summed E-state index contributed by atoms with van der Waals surface area (Å²) in [5.41, 5.74) is 1.88. The highest BCUT2D eigenvalue weighted by Crippen LogP contribution is 2.33. The molecule has 1 saturated heterocycles. The zero-order valence-electron chi connectivity index (χ0n) is 15.1. The van der Waals surface area contributed by atoms with Crippen LogP contribution < -0.4 is 5.32 Å². The molecule has 1 fully saturated rings. The Kier molecular flexibility index (Phi) is 5.86. The van der Waals surface area contributed by atoms with Crippen LogP contribution in [0.2, 0.25) is 0 Å². The van der Waals surface area contributed by atoms with Crippen molar-refractivity contribution < 1.29 is 23.8 Å². The van der Waals surface area contributed by atoms with Gasteiger partial charge in [0.15, 0.2) is 0 Å². The van der Waals surface area contributed by atoms with Gasteiger partial charge in [0.25, 0.3) is 5.91 Å². The van der Waals surface area contributed by atoms with E-state index in [1.807, 2.05) is 31.2 Å². The summed E-state index contributed by atoms with van der Waals surface area (Å²) in [6, 6.07) is 11.4. The summed E-state index contributed by atoms with van der Waals surface area (Å²) in [5.74, 6) is -2.55. The quantitative estimate of drug-likeness (QED) is 0.840. The first-order valence-corrected chi connectivity index (χ1v) is 8.95. The molecular weight excluding hydrogens is 349 g/mol. The average Bonchev–Trinajstić information content (AvgIpc) is 2.67. The predicted molar refractivity (Wildman–Crippen MR) is 98.3 cm³/mol. The van der Waals surface area contributed by atoms with Crippen LogP contribution in [0.1, 0.15) is 50.8 Å². The number of carbonyl (C=O) groups is 2. The number of benzene rings is 2. The van der Waals surface area contributed by atoms with Gasteiger partial charge in [0.1, 0.15) is 5.82 Å². The molecule has 3 rings (SSSR count). The summed E-state index contributed by atoms with van der Waals surface area (Å²) in [5, 5.41) is 11.6. The van der Waals surface area contributed by atoms with Gasteiger partial charge in [0.05, 0.1) is 17.2 Å². The molecule has 6 heteroatoms. The summed E-state index contributed by atoms with van der Waals surface area (Å²) >= 11 is 0. The molecule has 0 spiro atoms. The molecule has 2 aromatic rings. The second kappa shape index (κ2) is 8.31. The standard InChI is InChI=1S/C21H22FNO4/c1-13-4-6-14(7-5-13)19-16(3-2-10-27-19)12-23-20(24)17-9-8-15(21(25)26)11-18(17)22/h4-9,11,16,19H,2-3,10,12H2,1H3,(H,23,24)(H,25,26). The molecule has 0 saturated carbocycles. The lowest BCUT2D eigenvalue weighted by Crippen LogP contribution is -2.35. The van der Waals surface area contributed by atoms with Gasteiger partial charge in [-0.15, -0.1) is 0 Å². The van der Waals surface area contributed by atoms with Crippen molar-refractivity contribution in [1.29, 1.82) is 0 Å². The lowest BCUT2D eigenvalue weighted by Gasteiger charge is -2.32. The van der Waals surface area contributed by atoms with Crippen LogP contribution in [0.15, 0.2) is 42.5 Å². The van der Waals surface area contributed by atoms with Crippen molar-refractivity contribution in [1.82, 2.24) is 5.32 Å². The monoisotopic (exact) mass is 371 g/mol. The third kappa shape index (κ3) is 4.52. The predicted octanol–water partition coefficient (Wildman–Crippen LogP) is 3.73. The van der Waals surface area contributed by atoms with Crippen molar-refractivity contribution in [2.24, 2.45) is 5.92 Å². The second-order valence-electron chi connectivity index (χ2n) is 6.81. The lowest BCUT2D eigenvalue weighted by atomic mass is 9.89. The average molecular weight is 371 g/mol. The maximum atomic E-state index is 14.1. The van der Waals surface area contributed by atoms with Gasteiger partial charge in [-0.3, -0.25) is 4.79 Å². The van der Waals surface area contributed by atoms with Gasteiger partial charge in [0, 0.05) is 19.1 Å². The molecule has 2 aromatic carbocycles. The van der Waals surface area contributed by atoms with Gasteiger partial charge in [-0.05, 0) is 43.5 Å². The smallest absolute Gasteiger partial charge is 0.335 e. The van der Waals surface area contributed by atoms with Gasteiger partial charge >= 0.3 is 5.97 Å². The van der Waals surface area contributed by atoms with Gasteiger partial charge in [-0.25, -0.2) is 9.18 Å². The van der Waals surface area contributed by atoms with Crippen molar-refractivity contribution in [3.63, 3.8) is 0 Å². The Morgan fingerprint density at radius 2 is 1.96 bits per heavy atom. The first-order valence-electron chi connectivity index (χ1n) is 8.95. The number of hydrogen-bond donors (Lipinski definition) is 2. The van der Waals surface area contributed by atoms with E-state index in [1.54, 1.807) is 0 Å². The van der Waals surface area contributed by atoms with Crippen molar-refractivity contribution in [2.45, 2.75) is 25.9 Å². The van der Waals surface area contributed by atoms with E-state index in [0.29, 0.717) is 13.2 Å². The molecule has 0 bridgehead atoms. The summed E-state index contributed by atoms with van der Waals surface area (Å²) in [7, 11) is 0. The molecule has 5 nitrogen and oxygen atoms in total. The Morgan fingerprint density at radius 1 is 1.22 bits per heavy atom.